The summed E-state index contributed by atoms with van der Waals surface area (Å²) in [6.45, 7) is 0. The molecule has 2 atom stereocenters. The van der Waals surface area contributed by atoms with E-state index in [2.05, 4.69) is 15.6 Å². The first kappa shape index (κ1) is 14.3. The van der Waals surface area contributed by atoms with Gasteiger partial charge in [0.25, 0.3) is 0 Å². The van der Waals surface area contributed by atoms with E-state index in [9.17, 15) is 5.11 Å². The maximum atomic E-state index is 10.7. The van der Waals surface area contributed by atoms with Crippen molar-refractivity contribution in [3.05, 3.63) is 41.3 Å². The summed E-state index contributed by atoms with van der Waals surface area (Å²) in [6.07, 6.45) is 10.3. The van der Waals surface area contributed by atoms with Crippen molar-refractivity contribution in [1.82, 2.24) is 9.55 Å². The van der Waals surface area contributed by atoms with Crippen molar-refractivity contribution < 1.29 is 5.11 Å². The van der Waals surface area contributed by atoms with Crippen molar-refractivity contribution in [2.75, 3.05) is 0 Å². The fourth-order valence-corrected chi connectivity index (χ4v) is 4.47. The molecule has 0 amide bonds. The van der Waals surface area contributed by atoms with E-state index >= 15 is 0 Å². The number of imidazole rings is 1. The van der Waals surface area contributed by atoms with E-state index in [-0.39, 0.29) is 12.1 Å². The van der Waals surface area contributed by atoms with E-state index in [0.29, 0.717) is 5.92 Å². The first-order valence-corrected chi connectivity index (χ1v) is 8.62. The van der Waals surface area contributed by atoms with Crippen molar-refractivity contribution in [3.63, 3.8) is 0 Å². The Morgan fingerprint density at radius 2 is 2.09 bits per heavy atom. The third-order valence-corrected chi connectivity index (χ3v) is 5.65. The first-order valence-electron chi connectivity index (χ1n) is 8.24. The van der Waals surface area contributed by atoms with Gasteiger partial charge in [0.15, 0.2) is 0 Å². The predicted octanol–water partition coefficient (Wildman–Crippen LogP) is 4.44. The maximum absolute atomic E-state index is 10.7. The molecule has 2 heterocycles. The molecule has 0 spiro atoms. The lowest BCUT2D eigenvalue weighted by atomic mass is 9.82. The highest BCUT2D eigenvalue weighted by molar-refractivity contribution is 6.32. The Labute approximate surface area is 135 Å². The molecule has 4 heteroatoms. The van der Waals surface area contributed by atoms with E-state index in [1.165, 1.54) is 19.3 Å². The normalized spacial score (nSPS) is 22.4. The van der Waals surface area contributed by atoms with Crippen molar-refractivity contribution >= 4 is 11.6 Å². The molecule has 0 radical (unpaired) electrons. The minimum Gasteiger partial charge on any atom is -0.393 e. The van der Waals surface area contributed by atoms with Gasteiger partial charge < -0.3 is 9.67 Å². The van der Waals surface area contributed by atoms with Crippen LogP contribution in [0.2, 0.25) is 5.02 Å². The zero-order valence-corrected chi connectivity index (χ0v) is 13.3. The van der Waals surface area contributed by atoms with Gasteiger partial charge in [-0.25, -0.2) is 4.98 Å². The zero-order chi connectivity index (χ0) is 15.1. The van der Waals surface area contributed by atoms with Gasteiger partial charge in [-0.1, -0.05) is 43.0 Å². The molecule has 1 aromatic heterocycles. The number of halogens is 1. The summed E-state index contributed by atoms with van der Waals surface area (Å²) in [7, 11) is 0. The molecule has 116 valence electrons. The molecule has 1 aliphatic heterocycles. The van der Waals surface area contributed by atoms with Crippen molar-refractivity contribution in [1.29, 1.82) is 0 Å². The quantitative estimate of drug-likeness (QED) is 0.909. The number of fused-ring (bicyclic) bond motifs is 3. The molecule has 3 nitrogen and oxygen atoms in total. The molecular formula is C18H21ClN2O. The lowest BCUT2D eigenvalue weighted by Crippen LogP contribution is -2.26. The number of hydrogen-bond acceptors (Lipinski definition) is 2. The number of benzene rings is 1. The van der Waals surface area contributed by atoms with E-state index in [1.54, 1.807) is 0 Å². The second kappa shape index (κ2) is 5.71. The summed E-state index contributed by atoms with van der Waals surface area (Å²) < 4.78 is 2.17. The third-order valence-electron chi connectivity index (χ3n) is 5.32. The van der Waals surface area contributed by atoms with Crippen LogP contribution in [0, 0.1) is 5.92 Å². The Morgan fingerprint density at radius 1 is 1.27 bits per heavy atom. The molecule has 2 aliphatic rings. The third kappa shape index (κ3) is 2.27. The molecule has 0 saturated heterocycles. The van der Waals surface area contributed by atoms with E-state index in [0.717, 1.165) is 41.1 Å². The van der Waals surface area contributed by atoms with Crippen LogP contribution >= 0.6 is 11.6 Å². The van der Waals surface area contributed by atoms with Gasteiger partial charge in [0.1, 0.15) is 0 Å². The molecule has 1 aliphatic carbocycles. The Bertz CT molecular complexity index is 675. The largest absolute Gasteiger partial charge is 0.393 e. The van der Waals surface area contributed by atoms with Gasteiger partial charge in [-0.3, -0.25) is 0 Å². The van der Waals surface area contributed by atoms with Crippen LogP contribution in [0.1, 0.15) is 50.1 Å². The average molecular weight is 317 g/mol. The first-order chi connectivity index (χ1) is 10.8. The Balaban J connectivity index is 1.65. The minimum atomic E-state index is -0.261. The highest BCUT2D eigenvalue weighted by Gasteiger charge is 2.34. The highest BCUT2D eigenvalue weighted by atomic mass is 35.5. The van der Waals surface area contributed by atoms with Crippen LogP contribution in [-0.4, -0.2) is 20.8 Å². The molecule has 1 saturated carbocycles. The van der Waals surface area contributed by atoms with Gasteiger partial charge in [0.05, 0.1) is 30.4 Å². The molecular weight excluding hydrogens is 296 g/mol. The molecule has 0 unspecified atom stereocenters. The fourth-order valence-electron chi connectivity index (χ4n) is 4.17. The predicted molar refractivity (Wildman–Crippen MR) is 88.0 cm³/mol. The summed E-state index contributed by atoms with van der Waals surface area (Å²) in [4.78, 5) is 4.28. The summed E-state index contributed by atoms with van der Waals surface area (Å²) in [6, 6.07) is 6.14. The summed E-state index contributed by atoms with van der Waals surface area (Å²) in [5.74, 6) is 0.437. The van der Waals surface area contributed by atoms with Crippen molar-refractivity contribution in [2.45, 2.75) is 50.7 Å². The summed E-state index contributed by atoms with van der Waals surface area (Å²) in [5, 5.41) is 11.5. The van der Waals surface area contributed by atoms with Crippen molar-refractivity contribution in [2.24, 2.45) is 5.92 Å². The number of nitrogens with zero attached hydrogens (tertiary/aromatic N) is 2. The van der Waals surface area contributed by atoms with Gasteiger partial charge in [-0.15, -0.1) is 0 Å². The minimum absolute atomic E-state index is 0.109. The monoisotopic (exact) mass is 316 g/mol. The second-order valence-electron chi connectivity index (χ2n) is 6.60. The zero-order valence-electron chi connectivity index (χ0n) is 12.6. The fraction of sp³-hybridized carbons (Fsp3) is 0.500. The Morgan fingerprint density at radius 3 is 2.91 bits per heavy atom. The second-order valence-corrected chi connectivity index (χ2v) is 7.01. The van der Waals surface area contributed by atoms with Gasteiger partial charge in [0, 0.05) is 16.1 Å². The van der Waals surface area contributed by atoms with Crippen LogP contribution < -0.4 is 0 Å². The summed E-state index contributed by atoms with van der Waals surface area (Å²) >= 11 is 6.47. The van der Waals surface area contributed by atoms with Gasteiger partial charge in [-0.2, -0.15) is 0 Å². The molecule has 1 aromatic carbocycles. The van der Waals surface area contributed by atoms with Crippen LogP contribution in [0.15, 0.2) is 30.7 Å². The number of aliphatic hydroxyl groups excluding tert-OH is 1. The van der Waals surface area contributed by atoms with Gasteiger partial charge >= 0.3 is 0 Å². The topological polar surface area (TPSA) is 38.1 Å². The molecule has 1 fully saturated rings. The van der Waals surface area contributed by atoms with Crippen molar-refractivity contribution in [3.8, 4) is 11.3 Å². The van der Waals surface area contributed by atoms with Crippen LogP contribution in [0.5, 0.6) is 0 Å². The Hall–Kier alpha value is -1.32. The molecule has 0 bridgehead atoms. The lowest BCUT2D eigenvalue weighted by Gasteiger charge is -2.29. The summed E-state index contributed by atoms with van der Waals surface area (Å²) in [5.41, 5.74) is 3.42. The SMILES string of the molecule is O[C@@H](C[C@H]1c2c(Cl)cccc2-c2cncn21)C1CCCCC1. The molecule has 4 rings (SSSR count). The van der Waals surface area contributed by atoms with E-state index < -0.39 is 0 Å². The molecule has 1 N–H and O–H groups in total. The Kier molecular flexibility index (Phi) is 3.71. The number of aromatic nitrogens is 2. The molecule has 2 aromatic rings. The highest BCUT2D eigenvalue weighted by Crippen LogP contribution is 2.45. The van der Waals surface area contributed by atoms with E-state index in [1.807, 2.05) is 24.7 Å². The van der Waals surface area contributed by atoms with Gasteiger partial charge in [-0.05, 0) is 31.2 Å². The van der Waals surface area contributed by atoms with Crippen LogP contribution in [0.4, 0.5) is 0 Å². The maximum Gasteiger partial charge on any atom is 0.0956 e. The number of hydrogen-bond donors (Lipinski definition) is 1. The number of aliphatic hydroxyl groups is 1. The van der Waals surface area contributed by atoms with E-state index in [4.69, 9.17) is 11.6 Å². The molecule has 22 heavy (non-hydrogen) atoms. The smallest absolute Gasteiger partial charge is 0.0956 e. The van der Waals surface area contributed by atoms with Crippen LogP contribution in [0.3, 0.4) is 0 Å². The standard InChI is InChI=1S/C18H21ClN2O/c19-14-8-4-7-13-16-10-20-11-21(16)15(18(13)14)9-17(22)12-5-2-1-3-6-12/h4,7-8,10-12,15,17,22H,1-3,5-6,9H2/t15-,17-/m0/s1. The average Bonchev–Trinajstić information content (AvgIpc) is 3.12. The lowest BCUT2D eigenvalue weighted by molar-refractivity contribution is 0.0687. The van der Waals surface area contributed by atoms with Gasteiger partial charge in [0.2, 0.25) is 0 Å². The van der Waals surface area contributed by atoms with Crippen LogP contribution in [0.25, 0.3) is 11.3 Å². The number of rotatable bonds is 3. The van der Waals surface area contributed by atoms with Crippen LogP contribution in [-0.2, 0) is 0 Å².